The first-order valence-corrected chi connectivity index (χ1v) is 6.25. The van der Waals surface area contributed by atoms with Crippen LogP contribution in [0.15, 0.2) is 24.3 Å². The van der Waals surface area contributed by atoms with Gasteiger partial charge in [0.15, 0.2) is 0 Å². The van der Waals surface area contributed by atoms with Crippen molar-refractivity contribution < 1.29 is 4.74 Å². The van der Waals surface area contributed by atoms with E-state index in [-0.39, 0.29) is 0 Å². The minimum absolute atomic E-state index is 0.754. The van der Waals surface area contributed by atoms with Gasteiger partial charge in [0.2, 0.25) is 0 Å². The van der Waals surface area contributed by atoms with E-state index in [1.54, 1.807) is 7.11 Å². The van der Waals surface area contributed by atoms with Crippen LogP contribution in [0.4, 0.5) is 0 Å². The van der Waals surface area contributed by atoms with E-state index in [4.69, 9.17) is 4.74 Å². The second-order valence-electron chi connectivity index (χ2n) is 5.08. The second kappa shape index (κ2) is 4.10. The molecule has 2 fully saturated rings. The molecular formula is C14H19NO. The van der Waals surface area contributed by atoms with Crippen LogP contribution in [0.25, 0.3) is 0 Å². The summed E-state index contributed by atoms with van der Waals surface area (Å²) in [5.74, 6) is 1.71. The maximum Gasteiger partial charge on any atom is 0.118 e. The summed E-state index contributed by atoms with van der Waals surface area (Å²) in [6, 6.07) is 10.2. The Balaban J connectivity index is 1.76. The fourth-order valence-electron chi connectivity index (χ4n) is 3.21. The van der Waals surface area contributed by atoms with Crippen LogP contribution in [0.2, 0.25) is 0 Å². The maximum atomic E-state index is 5.20. The number of piperidine rings is 1. The second-order valence-corrected chi connectivity index (χ2v) is 5.08. The van der Waals surface area contributed by atoms with E-state index in [1.807, 2.05) is 0 Å². The topological polar surface area (TPSA) is 21.3 Å². The van der Waals surface area contributed by atoms with Gasteiger partial charge in [-0.1, -0.05) is 12.1 Å². The largest absolute Gasteiger partial charge is 0.497 e. The van der Waals surface area contributed by atoms with E-state index >= 15 is 0 Å². The van der Waals surface area contributed by atoms with Crippen molar-refractivity contribution in [3.63, 3.8) is 0 Å². The first-order valence-electron chi connectivity index (χ1n) is 6.25. The molecule has 2 saturated heterocycles. The highest BCUT2D eigenvalue weighted by atomic mass is 16.5. The Morgan fingerprint density at radius 3 is 2.25 bits per heavy atom. The van der Waals surface area contributed by atoms with Gasteiger partial charge in [0.25, 0.3) is 0 Å². The first-order chi connectivity index (χ1) is 7.85. The fraction of sp³-hybridized carbons (Fsp3) is 0.571. The Hall–Kier alpha value is -1.02. The summed E-state index contributed by atoms with van der Waals surface area (Å²) in [5, 5.41) is 3.69. The highest BCUT2D eigenvalue weighted by molar-refractivity contribution is 5.30. The van der Waals surface area contributed by atoms with Crippen LogP contribution in [-0.4, -0.2) is 19.2 Å². The molecule has 2 bridgehead atoms. The monoisotopic (exact) mass is 217 g/mol. The van der Waals surface area contributed by atoms with Crippen molar-refractivity contribution in [3.05, 3.63) is 29.8 Å². The van der Waals surface area contributed by atoms with E-state index in [0.29, 0.717) is 0 Å². The molecule has 2 atom stereocenters. The number of benzene rings is 1. The van der Waals surface area contributed by atoms with Crippen molar-refractivity contribution in [2.45, 2.75) is 43.7 Å². The zero-order chi connectivity index (χ0) is 11.0. The molecule has 1 aromatic rings. The molecule has 0 spiro atoms. The third-order valence-electron chi connectivity index (χ3n) is 4.06. The lowest BCUT2D eigenvalue weighted by Gasteiger charge is -2.29. The number of methoxy groups -OCH3 is 1. The SMILES string of the molecule is COc1ccc(C2CC3CCC(C2)N3)cc1. The average molecular weight is 217 g/mol. The smallest absolute Gasteiger partial charge is 0.118 e. The van der Waals surface area contributed by atoms with Gasteiger partial charge in [-0.3, -0.25) is 0 Å². The van der Waals surface area contributed by atoms with E-state index < -0.39 is 0 Å². The van der Waals surface area contributed by atoms with Gasteiger partial charge in [-0.05, 0) is 49.3 Å². The predicted molar refractivity (Wildman–Crippen MR) is 64.9 cm³/mol. The zero-order valence-corrected chi connectivity index (χ0v) is 9.78. The summed E-state index contributed by atoms with van der Waals surface area (Å²) < 4.78 is 5.20. The quantitative estimate of drug-likeness (QED) is 0.822. The van der Waals surface area contributed by atoms with Gasteiger partial charge in [-0.15, -0.1) is 0 Å². The summed E-state index contributed by atoms with van der Waals surface area (Å²) >= 11 is 0. The molecule has 86 valence electrons. The van der Waals surface area contributed by atoms with Gasteiger partial charge in [0.1, 0.15) is 5.75 Å². The Labute approximate surface area is 97.0 Å². The summed E-state index contributed by atoms with van der Waals surface area (Å²) in [6.07, 6.45) is 5.36. The minimum atomic E-state index is 0.754. The van der Waals surface area contributed by atoms with Crippen LogP contribution in [0, 0.1) is 0 Å². The lowest BCUT2D eigenvalue weighted by molar-refractivity contribution is 0.363. The number of ether oxygens (including phenoxy) is 1. The molecule has 3 rings (SSSR count). The van der Waals surface area contributed by atoms with Crippen LogP contribution < -0.4 is 10.1 Å². The summed E-state index contributed by atoms with van der Waals surface area (Å²) in [6.45, 7) is 0. The third kappa shape index (κ3) is 1.82. The number of nitrogens with one attached hydrogen (secondary N) is 1. The molecule has 2 aliphatic heterocycles. The molecule has 2 nitrogen and oxygen atoms in total. The standard InChI is InChI=1S/C14H19NO/c1-16-14-6-2-10(3-7-14)11-8-12-4-5-13(9-11)15-12/h2-3,6-7,11-13,15H,4-5,8-9H2,1H3. The van der Waals surface area contributed by atoms with E-state index in [2.05, 4.69) is 29.6 Å². The van der Waals surface area contributed by atoms with Crippen LogP contribution in [0.3, 0.4) is 0 Å². The number of hydrogen-bond acceptors (Lipinski definition) is 2. The molecule has 2 heterocycles. The molecule has 2 heteroatoms. The molecule has 0 amide bonds. The molecule has 0 aliphatic carbocycles. The van der Waals surface area contributed by atoms with Crippen molar-refractivity contribution in [3.8, 4) is 5.75 Å². The van der Waals surface area contributed by atoms with Crippen molar-refractivity contribution >= 4 is 0 Å². The van der Waals surface area contributed by atoms with Crippen LogP contribution >= 0.6 is 0 Å². The highest BCUT2D eigenvalue weighted by Gasteiger charge is 2.33. The average Bonchev–Trinajstić information content (AvgIpc) is 2.68. The number of fused-ring (bicyclic) bond motifs is 2. The molecular weight excluding hydrogens is 198 g/mol. The fourth-order valence-corrected chi connectivity index (χ4v) is 3.21. The van der Waals surface area contributed by atoms with Crippen molar-refractivity contribution in [2.75, 3.05) is 7.11 Å². The predicted octanol–water partition coefficient (Wildman–Crippen LogP) is 2.69. The lowest BCUT2D eigenvalue weighted by atomic mass is 9.86. The Bertz CT molecular complexity index is 348. The molecule has 0 saturated carbocycles. The maximum absolute atomic E-state index is 5.20. The summed E-state index contributed by atoms with van der Waals surface area (Å²) in [5.41, 5.74) is 1.49. The molecule has 2 unspecified atom stereocenters. The summed E-state index contributed by atoms with van der Waals surface area (Å²) in [7, 11) is 1.72. The third-order valence-corrected chi connectivity index (χ3v) is 4.06. The van der Waals surface area contributed by atoms with Gasteiger partial charge in [-0.25, -0.2) is 0 Å². The normalized spacial score (nSPS) is 32.7. The highest BCUT2D eigenvalue weighted by Crippen LogP contribution is 2.37. The Kier molecular flexibility index (Phi) is 2.60. The van der Waals surface area contributed by atoms with Crippen LogP contribution in [0.5, 0.6) is 5.75 Å². The van der Waals surface area contributed by atoms with Crippen LogP contribution in [-0.2, 0) is 0 Å². The van der Waals surface area contributed by atoms with Gasteiger partial charge < -0.3 is 10.1 Å². The van der Waals surface area contributed by atoms with Gasteiger partial charge in [0, 0.05) is 12.1 Å². The molecule has 2 aliphatic rings. The van der Waals surface area contributed by atoms with E-state index in [1.165, 1.54) is 31.2 Å². The number of rotatable bonds is 2. The first kappa shape index (κ1) is 10.2. The van der Waals surface area contributed by atoms with Crippen molar-refractivity contribution in [1.82, 2.24) is 5.32 Å². The van der Waals surface area contributed by atoms with E-state index in [9.17, 15) is 0 Å². The Morgan fingerprint density at radius 1 is 1.06 bits per heavy atom. The molecule has 1 N–H and O–H groups in total. The minimum Gasteiger partial charge on any atom is -0.497 e. The van der Waals surface area contributed by atoms with Crippen molar-refractivity contribution in [2.24, 2.45) is 0 Å². The lowest BCUT2D eigenvalue weighted by Crippen LogP contribution is -2.37. The van der Waals surface area contributed by atoms with E-state index in [0.717, 1.165) is 23.8 Å². The molecule has 0 radical (unpaired) electrons. The molecule has 0 aromatic heterocycles. The van der Waals surface area contributed by atoms with Crippen LogP contribution in [0.1, 0.15) is 37.2 Å². The zero-order valence-electron chi connectivity index (χ0n) is 9.78. The number of hydrogen-bond donors (Lipinski definition) is 1. The van der Waals surface area contributed by atoms with Gasteiger partial charge in [0.05, 0.1) is 7.11 Å². The molecule has 16 heavy (non-hydrogen) atoms. The molecule has 1 aromatic carbocycles. The summed E-state index contributed by atoms with van der Waals surface area (Å²) in [4.78, 5) is 0. The Morgan fingerprint density at radius 2 is 1.69 bits per heavy atom. The van der Waals surface area contributed by atoms with Crippen molar-refractivity contribution in [1.29, 1.82) is 0 Å². The van der Waals surface area contributed by atoms with Gasteiger partial charge >= 0.3 is 0 Å². The van der Waals surface area contributed by atoms with Gasteiger partial charge in [-0.2, -0.15) is 0 Å².